The number of hydrogen-bond donors (Lipinski definition) is 2. The van der Waals surface area contributed by atoms with E-state index in [0.29, 0.717) is 34.7 Å². The van der Waals surface area contributed by atoms with Gasteiger partial charge in [0, 0.05) is 16.8 Å². The number of aliphatic hydroxyl groups is 2. The van der Waals surface area contributed by atoms with Crippen LogP contribution in [0.25, 0.3) is 0 Å². The maximum Gasteiger partial charge on any atom is 0.257 e. The molecule has 1 aliphatic carbocycles. The molecule has 0 spiro atoms. The monoisotopic (exact) mass is 535 g/mol. The Bertz CT molecular complexity index is 1420. The van der Waals surface area contributed by atoms with Crippen molar-refractivity contribution >= 4 is 17.5 Å². The Morgan fingerprint density at radius 3 is 2.55 bits per heavy atom. The fourth-order valence-corrected chi connectivity index (χ4v) is 5.38. The first kappa shape index (κ1) is 26.3. The van der Waals surface area contributed by atoms with Crippen LogP contribution >= 0.6 is 11.6 Å². The number of aromatic nitrogens is 1. The second kappa shape index (κ2) is 9.75. The van der Waals surface area contributed by atoms with E-state index < -0.39 is 35.3 Å². The molecule has 2 aromatic carbocycles. The molecule has 3 atom stereocenters. The zero-order valence-corrected chi connectivity index (χ0v) is 21.7. The highest BCUT2D eigenvalue weighted by molar-refractivity contribution is 6.30. The molecule has 0 radical (unpaired) electrons. The van der Waals surface area contributed by atoms with Gasteiger partial charge in [-0.15, -0.1) is 0 Å². The Kier molecular flexibility index (Phi) is 6.74. The Labute approximate surface area is 225 Å². The number of fused-ring (bicyclic) bond motifs is 1. The second-order valence-electron chi connectivity index (χ2n) is 10.3. The van der Waals surface area contributed by atoms with Gasteiger partial charge in [-0.3, -0.25) is 14.7 Å². The number of nitriles is 1. The molecule has 9 heteroatoms. The van der Waals surface area contributed by atoms with Gasteiger partial charge in [-0.2, -0.15) is 5.26 Å². The van der Waals surface area contributed by atoms with Gasteiger partial charge in [-0.05, 0) is 75.1 Å². The molecule has 1 amide bonds. The van der Waals surface area contributed by atoms with Gasteiger partial charge in [0.1, 0.15) is 11.9 Å². The molecule has 196 valence electrons. The summed E-state index contributed by atoms with van der Waals surface area (Å²) in [5.74, 6) is -1.23. The van der Waals surface area contributed by atoms with Crippen molar-refractivity contribution < 1.29 is 24.1 Å². The van der Waals surface area contributed by atoms with E-state index in [4.69, 9.17) is 21.6 Å². The number of amides is 1. The van der Waals surface area contributed by atoms with Crippen molar-refractivity contribution in [2.45, 2.75) is 63.2 Å². The summed E-state index contributed by atoms with van der Waals surface area (Å²) in [6.45, 7) is 2.97. The number of benzene rings is 2. The van der Waals surface area contributed by atoms with Crippen LogP contribution in [0.5, 0.6) is 0 Å². The van der Waals surface area contributed by atoms with Crippen LogP contribution in [0, 0.1) is 17.1 Å². The highest BCUT2D eigenvalue weighted by Gasteiger charge is 2.56. The molecule has 0 bridgehead atoms. The third kappa shape index (κ3) is 4.46. The van der Waals surface area contributed by atoms with Crippen molar-refractivity contribution in [1.29, 1.82) is 5.26 Å². The molecule has 7 nitrogen and oxygen atoms in total. The summed E-state index contributed by atoms with van der Waals surface area (Å²) in [5, 5.41) is 30.9. The third-order valence-corrected chi connectivity index (χ3v) is 7.49. The normalized spacial score (nSPS) is 23.0. The number of aliphatic hydroxyl groups excluding tert-OH is 1. The van der Waals surface area contributed by atoms with Crippen LogP contribution in [0.2, 0.25) is 5.02 Å². The number of hydrogen-bond acceptors (Lipinski definition) is 6. The minimum Gasteiger partial charge on any atom is -0.390 e. The van der Waals surface area contributed by atoms with Crippen LogP contribution < -0.4 is 0 Å². The lowest BCUT2D eigenvalue weighted by Gasteiger charge is -2.42. The maximum atomic E-state index is 16.2. The van der Waals surface area contributed by atoms with Crippen LogP contribution in [0.3, 0.4) is 0 Å². The first-order chi connectivity index (χ1) is 18.0. The van der Waals surface area contributed by atoms with E-state index in [0.717, 1.165) is 6.42 Å². The Hall–Kier alpha value is -3.35. The van der Waals surface area contributed by atoms with Gasteiger partial charge in [0.05, 0.1) is 46.7 Å². The zero-order valence-electron chi connectivity index (χ0n) is 21.0. The van der Waals surface area contributed by atoms with Gasteiger partial charge in [0.2, 0.25) is 5.72 Å². The molecular weight excluding hydrogens is 509 g/mol. The van der Waals surface area contributed by atoms with Crippen LogP contribution in [0.4, 0.5) is 4.39 Å². The highest BCUT2D eigenvalue weighted by Crippen LogP contribution is 2.50. The summed E-state index contributed by atoms with van der Waals surface area (Å²) in [6.07, 6.45) is 1.75. The molecule has 2 heterocycles. The first-order valence-electron chi connectivity index (χ1n) is 12.4. The number of carbonyl (C=O) groups is 1. The average molecular weight is 536 g/mol. The molecule has 1 fully saturated rings. The van der Waals surface area contributed by atoms with Crippen LogP contribution in [-0.4, -0.2) is 38.2 Å². The summed E-state index contributed by atoms with van der Waals surface area (Å²) in [6, 6.07) is 14.6. The maximum absolute atomic E-state index is 16.2. The Balaban J connectivity index is 1.76. The quantitative estimate of drug-likeness (QED) is 0.471. The lowest BCUT2D eigenvalue weighted by atomic mass is 9.88. The van der Waals surface area contributed by atoms with Crippen molar-refractivity contribution in [3.05, 3.63) is 99.1 Å². The van der Waals surface area contributed by atoms with Gasteiger partial charge in [-0.1, -0.05) is 23.7 Å². The van der Waals surface area contributed by atoms with Crippen LogP contribution in [-0.2, 0) is 22.6 Å². The fraction of sp³-hybridized carbons (Fsp3) is 0.345. The Morgan fingerprint density at radius 2 is 1.97 bits per heavy atom. The molecule has 5 rings (SSSR count). The molecule has 1 saturated carbocycles. The molecule has 1 aliphatic heterocycles. The van der Waals surface area contributed by atoms with Crippen molar-refractivity contribution in [3.8, 4) is 6.07 Å². The van der Waals surface area contributed by atoms with Gasteiger partial charge in [0.25, 0.3) is 5.91 Å². The number of rotatable bonds is 6. The SMILES string of the molecule is CC(C)(O)c1cc(F)c2c(c1)C(=O)N(Cc1ccc(C#N)cn1)[C@]2(O[C@@H]1CCC[C@@H]1O)c1ccc(Cl)cc1. The van der Waals surface area contributed by atoms with Gasteiger partial charge in [0.15, 0.2) is 0 Å². The summed E-state index contributed by atoms with van der Waals surface area (Å²) in [5.41, 5.74) is -1.57. The third-order valence-electron chi connectivity index (χ3n) is 7.24. The van der Waals surface area contributed by atoms with Crippen molar-refractivity contribution in [3.63, 3.8) is 0 Å². The minimum atomic E-state index is -1.75. The van der Waals surface area contributed by atoms with Crippen LogP contribution in [0.1, 0.15) is 71.4 Å². The van der Waals surface area contributed by atoms with Crippen molar-refractivity contribution in [2.75, 3.05) is 0 Å². The Morgan fingerprint density at radius 1 is 1.24 bits per heavy atom. The van der Waals surface area contributed by atoms with Gasteiger partial charge < -0.3 is 14.9 Å². The largest absolute Gasteiger partial charge is 0.390 e. The summed E-state index contributed by atoms with van der Waals surface area (Å²) in [7, 11) is 0. The zero-order chi connectivity index (χ0) is 27.2. The molecule has 2 aliphatic rings. The summed E-state index contributed by atoms with van der Waals surface area (Å²) in [4.78, 5) is 19.8. The van der Waals surface area contributed by atoms with Crippen molar-refractivity contribution in [2.24, 2.45) is 0 Å². The molecule has 2 N–H and O–H groups in total. The standard InChI is InChI=1S/C29H27ClFN3O4/c1-28(2,37)19-12-22-26(23(31)13-19)29(18-7-9-20(30)10-8-18,38-25-5-3-4-24(25)35)34(27(22)36)16-21-11-6-17(14-32)15-33-21/h6-13,15,24-25,35,37H,3-5,16H2,1-2H3/t24-,25+,29-/m0/s1. The van der Waals surface area contributed by atoms with Gasteiger partial charge >= 0.3 is 0 Å². The predicted octanol–water partition coefficient (Wildman–Crippen LogP) is 4.76. The first-order valence-corrected chi connectivity index (χ1v) is 12.8. The van der Waals surface area contributed by atoms with E-state index >= 15 is 4.39 Å². The van der Waals surface area contributed by atoms with E-state index in [1.165, 1.54) is 37.1 Å². The lowest BCUT2D eigenvalue weighted by molar-refractivity contribution is -0.169. The number of pyridine rings is 1. The molecule has 0 saturated heterocycles. The summed E-state index contributed by atoms with van der Waals surface area (Å²) >= 11 is 6.18. The average Bonchev–Trinajstić information content (AvgIpc) is 3.39. The van der Waals surface area contributed by atoms with Crippen LogP contribution in [0.15, 0.2) is 54.7 Å². The van der Waals surface area contributed by atoms with Crippen molar-refractivity contribution in [1.82, 2.24) is 9.88 Å². The van der Waals surface area contributed by atoms with E-state index in [2.05, 4.69) is 4.98 Å². The molecule has 1 aromatic heterocycles. The van der Waals surface area contributed by atoms with E-state index in [1.54, 1.807) is 36.4 Å². The minimum absolute atomic E-state index is 0.00516. The van der Waals surface area contributed by atoms with E-state index in [-0.39, 0.29) is 23.2 Å². The van der Waals surface area contributed by atoms with E-state index in [1.807, 2.05) is 6.07 Å². The number of ether oxygens (including phenoxy) is 1. The number of carbonyl (C=O) groups excluding carboxylic acids is 1. The smallest absolute Gasteiger partial charge is 0.257 e. The predicted molar refractivity (Wildman–Crippen MR) is 137 cm³/mol. The topological polar surface area (TPSA) is 107 Å². The highest BCUT2D eigenvalue weighted by atomic mass is 35.5. The number of nitrogens with zero attached hydrogens (tertiary/aromatic N) is 3. The molecule has 3 aromatic rings. The lowest BCUT2D eigenvalue weighted by Crippen LogP contribution is -2.50. The van der Waals surface area contributed by atoms with E-state index in [9.17, 15) is 15.0 Å². The number of halogens is 2. The second-order valence-corrected chi connectivity index (χ2v) is 10.7. The molecular formula is C29H27ClFN3O4. The summed E-state index contributed by atoms with van der Waals surface area (Å²) < 4.78 is 22.8. The molecule has 38 heavy (non-hydrogen) atoms. The fourth-order valence-electron chi connectivity index (χ4n) is 5.26. The van der Waals surface area contributed by atoms with Gasteiger partial charge in [-0.25, -0.2) is 4.39 Å². The molecule has 0 unspecified atom stereocenters.